The van der Waals surface area contributed by atoms with Gasteiger partial charge < -0.3 is 10.6 Å². The lowest BCUT2D eigenvalue weighted by Gasteiger charge is -2.13. The number of nitrogens with one attached hydrogen (secondary N) is 2. The highest BCUT2D eigenvalue weighted by Gasteiger charge is 2.03. The Balaban J connectivity index is 0.00000289. The summed E-state index contributed by atoms with van der Waals surface area (Å²) < 4.78 is 0. The Hall–Kier alpha value is -0.0200. The second kappa shape index (κ2) is 9.85. The van der Waals surface area contributed by atoms with Crippen LogP contribution in [0.15, 0.2) is 11.2 Å². The van der Waals surface area contributed by atoms with Gasteiger partial charge in [-0.2, -0.15) is 11.8 Å². The monoisotopic (exact) mass is 400 g/mol. The van der Waals surface area contributed by atoms with Gasteiger partial charge in [-0.1, -0.05) is 6.92 Å². The highest BCUT2D eigenvalue weighted by atomic mass is 127. The van der Waals surface area contributed by atoms with E-state index in [4.69, 9.17) is 0 Å². The number of aliphatic imine (C=N–C) groups is 1. The second-order valence-corrected chi connectivity index (χ2v) is 6.31. The molecule has 1 aromatic rings. The summed E-state index contributed by atoms with van der Waals surface area (Å²) in [5, 5.41) is 8.21. The van der Waals surface area contributed by atoms with Crippen LogP contribution in [-0.2, 0) is 6.54 Å². The molecule has 0 aliphatic carbocycles. The molecule has 1 rings (SSSR count). The standard InChI is InChI=1S/C11H20N4S2.HI/c1-8(16-4)5-14-11(12-3)15-7-10-13-6-9(2)17-10;/h6,8H,5,7H2,1-4H3,(H2,12,14,15);1H. The van der Waals surface area contributed by atoms with E-state index in [2.05, 4.69) is 40.7 Å². The maximum Gasteiger partial charge on any atom is 0.191 e. The number of guanidine groups is 1. The van der Waals surface area contributed by atoms with Gasteiger partial charge in [0.25, 0.3) is 0 Å². The molecule has 0 aliphatic heterocycles. The molecule has 0 radical (unpaired) electrons. The lowest BCUT2D eigenvalue weighted by atomic mass is 10.5. The molecule has 1 heterocycles. The van der Waals surface area contributed by atoms with E-state index in [0.717, 1.165) is 24.1 Å². The van der Waals surface area contributed by atoms with E-state index >= 15 is 0 Å². The molecule has 0 saturated carbocycles. The summed E-state index contributed by atoms with van der Waals surface area (Å²) in [4.78, 5) is 9.72. The lowest BCUT2D eigenvalue weighted by molar-refractivity contribution is 0.788. The Bertz CT molecular complexity index is 368. The lowest BCUT2D eigenvalue weighted by Crippen LogP contribution is -2.39. The van der Waals surface area contributed by atoms with Crippen LogP contribution in [0.1, 0.15) is 16.8 Å². The fourth-order valence-corrected chi connectivity index (χ4v) is 2.16. The molecule has 0 spiro atoms. The van der Waals surface area contributed by atoms with Gasteiger partial charge in [-0.25, -0.2) is 4.98 Å². The summed E-state index contributed by atoms with van der Waals surface area (Å²) in [5.74, 6) is 0.832. The van der Waals surface area contributed by atoms with Crippen LogP contribution in [0.3, 0.4) is 0 Å². The zero-order valence-corrected chi connectivity index (χ0v) is 15.2. The van der Waals surface area contributed by atoms with Gasteiger partial charge in [0.05, 0.1) is 6.54 Å². The minimum Gasteiger partial charge on any atom is -0.355 e. The van der Waals surface area contributed by atoms with Gasteiger partial charge >= 0.3 is 0 Å². The molecule has 4 nitrogen and oxygen atoms in total. The fraction of sp³-hybridized carbons (Fsp3) is 0.636. The van der Waals surface area contributed by atoms with Crippen LogP contribution in [0.4, 0.5) is 0 Å². The fourth-order valence-electron chi connectivity index (χ4n) is 1.19. The summed E-state index contributed by atoms with van der Waals surface area (Å²) >= 11 is 3.55. The third-order valence-electron chi connectivity index (χ3n) is 2.26. The molecule has 0 aromatic carbocycles. The number of hydrogen-bond acceptors (Lipinski definition) is 4. The molecular formula is C11H21IN4S2. The first kappa shape index (κ1) is 18.0. The molecule has 1 unspecified atom stereocenters. The van der Waals surface area contributed by atoms with Crippen LogP contribution in [-0.4, -0.2) is 36.0 Å². The molecule has 0 amide bonds. The van der Waals surface area contributed by atoms with Gasteiger partial charge in [0.15, 0.2) is 5.96 Å². The van der Waals surface area contributed by atoms with E-state index in [0.29, 0.717) is 5.25 Å². The number of rotatable bonds is 5. The predicted octanol–water partition coefficient (Wildman–Crippen LogP) is 2.49. The van der Waals surface area contributed by atoms with E-state index in [1.54, 1.807) is 18.4 Å². The van der Waals surface area contributed by atoms with Crippen LogP contribution < -0.4 is 10.6 Å². The van der Waals surface area contributed by atoms with E-state index in [1.165, 1.54) is 4.88 Å². The first-order valence-electron chi connectivity index (χ1n) is 5.54. The summed E-state index contributed by atoms with van der Waals surface area (Å²) in [7, 11) is 1.78. The van der Waals surface area contributed by atoms with Gasteiger partial charge in [-0.3, -0.25) is 4.99 Å². The van der Waals surface area contributed by atoms with Crippen LogP contribution in [0.25, 0.3) is 0 Å². The summed E-state index contributed by atoms with van der Waals surface area (Å²) in [6.45, 7) is 5.90. The van der Waals surface area contributed by atoms with Crippen molar-refractivity contribution in [3.05, 3.63) is 16.1 Å². The molecule has 2 N–H and O–H groups in total. The molecule has 7 heteroatoms. The smallest absolute Gasteiger partial charge is 0.191 e. The van der Waals surface area contributed by atoms with E-state index in [1.807, 2.05) is 18.0 Å². The Morgan fingerprint density at radius 1 is 1.56 bits per heavy atom. The van der Waals surface area contributed by atoms with Gasteiger partial charge in [-0.15, -0.1) is 35.3 Å². The topological polar surface area (TPSA) is 49.3 Å². The number of hydrogen-bond donors (Lipinski definition) is 2. The Morgan fingerprint density at radius 3 is 2.78 bits per heavy atom. The van der Waals surface area contributed by atoms with E-state index in [-0.39, 0.29) is 24.0 Å². The SMILES string of the molecule is CN=C(NCc1ncc(C)s1)NCC(C)SC.I. The Kier molecular flexibility index (Phi) is 9.84. The van der Waals surface area contributed by atoms with E-state index < -0.39 is 0 Å². The third kappa shape index (κ3) is 6.79. The van der Waals surface area contributed by atoms with Crippen LogP contribution >= 0.6 is 47.1 Å². The summed E-state index contributed by atoms with van der Waals surface area (Å²) in [6.07, 6.45) is 4.01. The van der Waals surface area contributed by atoms with Crippen molar-refractivity contribution in [2.75, 3.05) is 19.8 Å². The molecule has 0 saturated heterocycles. The molecular weight excluding hydrogens is 379 g/mol. The van der Waals surface area contributed by atoms with Gasteiger partial charge in [0.1, 0.15) is 5.01 Å². The zero-order valence-electron chi connectivity index (χ0n) is 11.2. The highest BCUT2D eigenvalue weighted by Crippen LogP contribution is 2.10. The molecule has 0 fully saturated rings. The summed E-state index contributed by atoms with van der Waals surface area (Å²) in [5.41, 5.74) is 0. The van der Waals surface area contributed by atoms with Crippen LogP contribution in [0.2, 0.25) is 0 Å². The first-order valence-corrected chi connectivity index (χ1v) is 7.64. The number of halogens is 1. The first-order chi connectivity index (χ1) is 8.15. The van der Waals surface area contributed by atoms with Gasteiger partial charge in [-0.05, 0) is 13.2 Å². The van der Waals surface area contributed by atoms with Crippen molar-refractivity contribution in [2.45, 2.75) is 25.6 Å². The highest BCUT2D eigenvalue weighted by molar-refractivity contribution is 14.0. The van der Waals surface area contributed by atoms with Crippen molar-refractivity contribution in [2.24, 2.45) is 4.99 Å². The molecule has 1 aromatic heterocycles. The Labute approximate surface area is 134 Å². The van der Waals surface area contributed by atoms with Crippen molar-refractivity contribution in [1.29, 1.82) is 0 Å². The average molecular weight is 400 g/mol. The van der Waals surface area contributed by atoms with Gasteiger partial charge in [0, 0.05) is 29.9 Å². The zero-order chi connectivity index (χ0) is 12.7. The average Bonchev–Trinajstić information content (AvgIpc) is 2.75. The predicted molar refractivity (Wildman–Crippen MR) is 93.4 cm³/mol. The molecule has 104 valence electrons. The Morgan fingerprint density at radius 2 is 2.28 bits per heavy atom. The molecule has 0 aliphatic rings. The van der Waals surface area contributed by atoms with Crippen molar-refractivity contribution in [1.82, 2.24) is 15.6 Å². The van der Waals surface area contributed by atoms with E-state index in [9.17, 15) is 0 Å². The summed E-state index contributed by atoms with van der Waals surface area (Å²) in [6, 6.07) is 0. The number of aromatic nitrogens is 1. The maximum absolute atomic E-state index is 4.30. The van der Waals surface area contributed by atoms with Gasteiger partial charge in [0.2, 0.25) is 0 Å². The third-order valence-corrected chi connectivity index (χ3v) is 4.14. The number of thiazole rings is 1. The quantitative estimate of drug-likeness (QED) is 0.453. The normalized spacial score (nSPS) is 12.8. The molecule has 0 bridgehead atoms. The van der Waals surface area contributed by atoms with Crippen LogP contribution in [0, 0.1) is 6.92 Å². The number of thioether (sulfide) groups is 1. The largest absolute Gasteiger partial charge is 0.355 e. The number of aryl methyl sites for hydroxylation is 1. The maximum atomic E-state index is 4.30. The van der Waals surface area contributed by atoms with Crippen molar-refractivity contribution in [3.63, 3.8) is 0 Å². The second-order valence-electron chi connectivity index (χ2n) is 3.72. The molecule has 1 atom stereocenters. The van der Waals surface area contributed by atoms with Crippen molar-refractivity contribution in [3.8, 4) is 0 Å². The van der Waals surface area contributed by atoms with Crippen molar-refractivity contribution >= 4 is 53.0 Å². The number of nitrogens with zero attached hydrogens (tertiary/aromatic N) is 2. The minimum atomic E-state index is 0. The molecule has 18 heavy (non-hydrogen) atoms. The van der Waals surface area contributed by atoms with Crippen LogP contribution in [0.5, 0.6) is 0 Å². The van der Waals surface area contributed by atoms with Crippen molar-refractivity contribution < 1.29 is 0 Å². The minimum absolute atomic E-state index is 0.